The van der Waals surface area contributed by atoms with Gasteiger partial charge in [-0.15, -0.1) is 0 Å². The van der Waals surface area contributed by atoms with Crippen LogP contribution in [0.5, 0.6) is 0 Å². The number of nitrogens with zero attached hydrogens (tertiary/aromatic N) is 1. The van der Waals surface area contributed by atoms with Crippen LogP contribution in [0.15, 0.2) is 18.7 Å². The molecule has 1 aromatic heterocycles. The molecule has 3 nitrogen and oxygen atoms in total. The molecule has 0 bridgehead atoms. The van der Waals surface area contributed by atoms with Crippen molar-refractivity contribution in [2.24, 2.45) is 5.92 Å². The largest absolute Gasteiger partial charge is 1.00 e. The van der Waals surface area contributed by atoms with Gasteiger partial charge in [-0.2, -0.15) is 0 Å². The van der Waals surface area contributed by atoms with Gasteiger partial charge in [0.1, 0.15) is 18.9 Å². The van der Waals surface area contributed by atoms with E-state index in [0.717, 1.165) is 6.42 Å². The van der Waals surface area contributed by atoms with Crippen molar-refractivity contribution in [1.82, 2.24) is 4.98 Å². The molecule has 0 spiro atoms. The van der Waals surface area contributed by atoms with E-state index in [1.807, 2.05) is 17.0 Å². The number of nitrogens with one attached hydrogen (secondary N) is 1. The first-order chi connectivity index (χ1) is 6.18. The van der Waals surface area contributed by atoms with Gasteiger partial charge in [-0.25, -0.2) is 4.57 Å². The average molecular weight is 261 g/mol. The molecular weight excluding hydrogens is 244 g/mol. The lowest BCUT2D eigenvalue weighted by Gasteiger charge is -2.01. The van der Waals surface area contributed by atoms with Gasteiger partial charge in [-0.3, -0.25) is 9.78 Å². The van der Waals surface area contributed by atoms with E-state index in [4.69, 9.17) is 0 Å². The molecule has 0 unspecified atom stereocenters. The monoisotopic (exact) mass is 260 g/mol. The number of halogens is 1. The van der Waals surface area contributed by atoms with Crippen molar-refractivity contribution in [3.63, 3.8) is 0 Å². The summed E-state index contributed by atoms with van der Waals surface area (Å²) in [6.07, 6.45) is 7.16. The number of carbonyl (C=O) groups is 1. The topological polar surface area (TPSA) is 36.7 Å². The van der Waals surface area contributed by atoms with Gasteiger partial charge in [0.15, 0.2) is 5.78 Å². The molecule has 0 aromatic carbocycles. The second-order valence-electron chi connectivity index (χ2n) is 3.76. The normalized spacial score (nSPS) is 9.93. The van der Waals surface area contributed by atoms with Crippen molar-refractivity contribution < 1.29 is 26.3 Å². The third kappa shape index (κ3) is 5.17. The molecular formula is C10H17BrN2O. The Hall–Kier alpha value is -0.640. The van der Waals surface area contributed by atoms with Crippen molar-refractivity contribution in [2.45, 2.75) is 33.2 Å². The maximum atomic E-state index is 11.4. The molecule has 80 valence electrons. The molecule has 4 heteroatoms. The summed E-state index contributed by atoms with van der Waals surface area (Å²) in [6.45, 7) is 4.77. The van der Waals surface area contributed by atoms with Gasteiger partial charge in [-0.1, -0.05) is 13.8 Å². The molecule has 0 aliphatic heterocycles. The summed E-state index contributed by atoms with van der Waals surface area (Å²) < 4.78 is 1.86. The minimum atomic E-state index is 0. The molecule has 1 heterocycles. The van der Waals surface area contributed by atoms with E-state index < -0.39 is 0 Å². The first kappa shape index (κ1) is 13.4. The van der Waals surface area contributed by atoms with Crippen LogP contribution in [0.3, 0.4) is 0 Å². The van der Waals surface area contributed by atoms with E-state index in [-0.39, 0.29) is 17.0 Å². The molecule has 0 fully saturated rings. The SMILES string of the molecule is CC(C)CCC(=O)C[n+]1cc[nH]c1.[Br-]. The molecule has 0 aliphatic carbocycles. The zero-order valence-electron chi connectivity index (χ0n) is 8.66. The fraction of sp³-hybridized carbons (Fsp3) is 0.600. The Bertz CT molecular complexity index is 257. The fourth-order valence-electron chi connectivity index (χ4n) is 1.15. The molecule has 14 heavy (non-hydrogen) atoms. The second-order valence-corrected chi connectivity index (χ2v) is 3.76. The summed E-state index contributed by atoms with van der Waals surface area (Å²) in [6, 6.07) is 0. The standard InChI is InChI=1S/C10H16N2O.BrH/c1-9(2)3-4-10(13)7-12-6-5-11-8-12;/h5-6,8-9H,3-4,7H2,1-2H3;1H. The molecule has 0 aliphatic rings. The first-order valence-electron chi connectivity index (χ1n) is 4.72. The Labute approximate surface area is 95.3 Å². The summed E-state index contributed by atoms with van der Waals surface area (Å²) in [7, 11) is 0. The summed E-state index contributed by atoms with van der Waals surface area (Å²) in [5.41, 5.74) is 0. The van der Waals surface area contributed by atoms with Gasteiger partial charge >= 0.3 is 0 Å². The minimum Gasteiger partial charge on any atom is -1.00 e. The Morgan fingerprint density at radius 1 is 1.50 bits per heavy atom. The zero-order valence-corrected chi connectivity index (χ0v) is 10.3. The Kier molecular flexibility index (Phi) is 6.45. The van der Waals surface area contributed by atoms with Gasteiger partial charge in [0.25, 0.3) is 0 Å². The lowest BCUT2D eigenvalue weighted by molar-refractivity contribution is -0.683. The van der Waals surface area contributed by atoms with E-state index >= 15 is 0 Å². The van der Waals surface area contributed by atoms with E-state index in [1.165, 1.54) is 0 Å². The van der Waals surface area contributed by atoms with Crippen LogP contribution in [-0.4, -0.2) is 10.8 Å². The summed E-state index contributed by atoms with van der Waals surface area (Å²) in [4.78, 5) is 14.3. The van der Waals surface area contributed by atoms with E-state index in [1.54, 1.807) is 6.33 Å². The lowest BCUT2D eigenvalue weighted by atomic mass is 10.1. The smallest absolute Gasteiger partial charge is 0.241 e. The van der Waals surface area contributed by atoms with Gasteiger partial charge in [-0.05, 0) is 12.3 Å². The highest BCUT2D eigenvalue weighted by Crippen LogP contribution is 2.03. The van der Waals surface area contributed by atoms with Crippen LogP contribution in [0, 0.1) is 5.92 Å². The zero-order chi connectivity index (χ0) is 9.68. The molecule has 1 rings (SSSR count). The van der Waals surface area contributed by atoms with Crippen LogP contribution in [0.4, 0.5) is 0 Å². The highest BCUT2D eigenvalue weighted by molar-refractivity contribution is 5.76. The van der Waals surface area contributed by atoms with Gasteiger partial charge < -0.3 is 17.0 Å². The van der Waals surface area contributed by atoms with Crippen LogP contribution < -0.4 is 21.5 Å². The molecule has 0 amide bonds. The lowest BCUT2D eigenvalue weighted by Crippen LogP contribution is -3.00. The quantitative estimate of drug-likeness (QED) is 0.631. The van der Waals surface area contributed by atoms with Crippen molar-refractivity contribution >= 4 is 5.78 Å². The molecule has 1 aromatic rings. The van der Waals surface area contributed by atoms with Gasteiger partial charge in [0, 0.05) is 6.42 Å². The number of hydrogen-bond acceptors (Lipinski definition) is 1. The summed E-state index contributed by atoms with van der Waals surface area (Å²) in [5.74, 6) is 0.915. The highest BCUT2D eigenvalue weighted by atomic mass is 79.9. The predicted molar refractivity (Wildman–Crippen MR) is 50.1 cm³/mol. The average Bonchev–Trinajstić information content (AvgIpc) is 2.53. The Morgan fingerprint density at radius 3 is 2.71 bits per heavy atom. The minimum absolute atomic E-state index is 0. The van der Waals surface area contributed by atoms with E-state index in [2.05, 4.69) is 18.8 Å². The molecule has 0 saturated heterocycles. The summed E-state index contributed by atoms with van der Waals surface area (Å²) in [5, 5.41) is 0. The number of aromatic nitrogens is 2. The number of hydrogen-bond donors (Lipinski definition) is 1. The van der Waals surface area contributed by atoms with Crippen molar-refractivity contribution in [3.8, 4) is 0 Å². The van der Waals surface area contributed by atoms with E-state index in [9.17, 15) is 4.79 Å². The maximum absolute atomic E-state index is 11.4. The second kappa shape index (κ2) is 6.76. The Morgan fingerprint density at radius 2 is 2.21 bits per heavy atom. The van der Waals surface area contributed by atoms with Crippen LogP contribution in [0.2, 0.25) is 0 Å². The molecule has 0 radical (unpaired) electrons. The predicted octanol–water partition coefficient (Wildman–Crippen LogP) is -1.69. The maximum Gasteiger partial charge on any atom is 0.241 e. The molecule has 0 atom stereocenters. The summed E-state index contributed by atoms with van der Waals surface area (Å²) >= 11 is 0. The van der Waals surface area contributed by atoms with Gasteiger partial charge in [0.05, 0.1) is 0 Å². The number of aromatic amines is 1. The van der Waals surface area contributed by atoms with Crippen LogP contribution in [-0.2, 0) is 11.3 Å². The third-order valence-electron chi connectivity index (χ3n) is 1.96. The third-order valence-corrected chi connectivity index (χ3v) is 1.96. The molecule has 0 saturated carbocycles. The van der Waals surface area contributed by atoms with Crippen molar-refractivity contribution in [1.29, 1.82) is 0 Å². The number of imidazole rings is 1. The van der Waals surface area contributed by atoms with Crippen molar-refractivity contribution in [2.75, 3.05) is 0 Å². The fourth-order valence-corrected chi connectivity index (χ4v) is 1.15. The Balaban J connectivity index is 0.00000169. The number of rotatable bonds is 5. The number of H-pyrrole nitrogens is 1. The van der Waals surface area contributed by atoms with Crippen LogP contribution >= 0.6 is 0 Å². The highest BCUT2D eigenvalue weighted by Gasteiger charge is 2.07. The molecule has 1 N–H and O–H groups in total. The first-order valence-corrected chi connectivity index (χ1v) is 4.72. The number of ketones is 1. The number of Topliss-reactive ketones (excluding diaryl/α,β-unsaturated/α-hetero) is 1. The van der Waals surface area contributed by atoms with Crippen LogP contribution in [0.1, 0.15) is 26.7 Å². The van der Waals surface area contributed by atoms with Crippen molar-refractivity contribution in [3.05, 3.63) is 18.7 Å². The van der Waals surface area contributed by atoms with E-state index in [0.29, 0.717) is 24.7 Å². The van der Waals surface area contributed by atoms with Gasteiger partial charge in [0.2, 0.25) is 6.33 Å². The van der Waals surface area contributed by atoms with Crippen LogP contribution in [0.25, 0.3) is 0 Å². The number of carbonyl (C=O) groups excluding carboxylic acids is 1.